The van der Waals surface area contributed by atoms with Gasteiger partial charge in [-0.1, -0.05) is 130 Å². The van der Waals surface area contributed by atoms with Crippen molar-refractivity contribution in [1.82, 2.24) is 5.32 Å². The van der Waals surface area contributed by atoms with E-state index >= 15 is 0 Å². The van der Waals surface area contributed by atoms with Gasteiger partial charge in [0.05, 0.1) is 12.2 Å². The standard InChI is InChI=1S/C45H81NO4/c1-6-7-8-9-10-11-12-13-14-15-16-17-18-19-20-21-22-23-42(50)46-36-28-29-44(4)35(30-36)31-40(48)43-38-27-26-37(33(2)24-25-34(3)47)45(38,5)41(49)32-39(43)44/h33,35-41,43,48-49H,6-32H2,1-5H3,(H,46,50)/t33-,35-,36+,37-,38+,39+,40-,41+,43+,44+,45-/m1/s1. The summed E-state index contributed by atoms with van der Waals surface area (Å²) in [6.45, 7) is 11.0. The first kappa shape index (κ1) is 41.8. The smallest absolute Gasteiger partial charge is 0.220 e. The number of carbonyl (C=O) groups excluding carboxylic acids is 2. The summed E-state index contributed by atoms with van der Waals surface area (Å²) >= 11 is 0. The number of carbonyl (C=O) groups is 2. The predicted octanol–water partition coefficient (Wildman–Crippen LogP) is 11.1. The van der Waals surface area contributed by atoms with Gasteiger partial charge in [-0.3, -0.25) is 4.79 Å². The fraction of sp³-hybridized carbons (Fsp3) is 0.956. The average molecular weight is 700 g/mol. The molecule has 4 aliphatic carbocycles. The maximum absolute atomic E-state index is 13.0. The molecule has 0 aliphatic heterocycles. The van der Waals surface area contributed by atoms with E-state index in [4.69, 9.17) is 0 Å². The molecule has 0 heterocycles. The molecule has 4 fully saturated rings. The van der Waals surface area contributed by atoms with Crippen LogP contribution in [0.4, 0.5) is 0 Å². The molecule has 0 aromatic heterocycles. The van der Waals surface area contributed by atoms with Crippen LogP contribution in [-0.2, 0) is 9.59 Å². The highest BCUT2D eigenvalue weighted by Crippen LogP contribution is 2.68. The zero-order valence-electron chi connectivity index (χ0n) is 33.5. The SMILES string of the molecule is CCCCCCCCCCCCCCCCCCCC(=O)N[C@H]1CC[C@@]2(C)[C@H](C1)C[C@@H](O)[C@@H]1[C@@H]2C[C@H](O)[C@]2(C)[C@@H]([C@H](C)CCC(C)=O)CC[C@@H]12. The summed E-state index contributed by atoms with van der Waals surface area (Å²) in [5, 5.41) is 27.1. The molecule has 5 heteroatoms. The summed E-state index contributed by atoms with van der Waals surface area (Å²) < 4.78 is 0. The van der Waals surface area contributed by atoms with Crippen LogP contribution in [0, 0.1) is 46.3 Å². The molecule has 5 nitrogen and oxygen atoms in total. The molecule has 0 aromatic rings. The topological polar surface area (TPSA) is 86.6 Å². The highest BCUT2D eigenvalue weighted by Gasteiger charge is 2.65. The molecule has 50 heavy (non-hydrogen) atoms. The number of hydrogen-bond donors (Lipinski definition) is 3. The van der Waals surface area contributed by atoms with Gasteiger partial charge in [-0.25, -0.2) is 0 Å². The number of unbranched alkanes of at least 4 members (excludes halogenated alkanes) is 16. The predicted molar refractivity (Wildman–Crippen MR) is 208 cm³/mol. The van der Waals surface area contributed by atoms with Crippen LogP contribution in [0.2, 0.25) is 0 Å². The molecule has 0 spiro atoms. The van der Waals surface area contributed by atoms with Crippen molar-refractivity contribution in [1.29, 1.82) is 0 Å². The quantitative estimate of drug-likeness (QED) is 0.0927. The third-order valence-electron chi connectivity index (χ3n) is 15.4. The maximum Gasteiger partial charge on any atom is 0.220 e. The lowest BCUT2D eigenvalue weighted by Crippen LogP contribution is -2.63. The first-order valence-electron chi connectivity index (χ1n) is 22.2. The zero-order chi connectivity index (χ0) is 36.1. The fourth-order valence-electron chi connectivity index (χ4n) is 12.2. The summed E-state index contributed by atoms with van der Waals surface area (Å²) in [6, 6.07) is 0.215. The first-order valence-corrected chi connectivity index (χ1v) is 22.2. The second kappa shape index (κ2) is 20.5. The molecule has 0 bridgehead atoms. The minimum Gasteiger partial charge on any atom is -0.393 e. The Morgan fingerprint density at radius 1 is 0.720 bits per heavy atom. The van der Waals surface area contributed by atoms with Crippen molar-refractivity contribution >= 4 is 11.7 Å². The van der Waals surface area contributed by atoms with Gasteiger partial charge in [0, 0.05) is 18.9 Å². The van der Waals surface area contributed by atoms with E-state index in [1.165, 1.54) is 96.3 Å². The van der Waals surface area contributed by atoms with Crippen LogP contribution in [-0.4, -0.2) is 40.2 Å². The van der Waals surface area contributed by atoms with E-state index in [2.05, 4.69) is 33.0 Å². The second-order valence-electron chi connectivity index (χ2n) is 18.8. The van der Waals surface area contributed by atoms with Gasteiger partial charge in [0.15, 0.2) is 0 Å². The number of nitrogens with one attached hydrogen (secondary N) is 1. The van der Waals surface area contributed by atoms with Crippen molar-refractivity contribution in [3.05, 3.63) is 0 Å². The molecule has 290 valence electrons. The van der Waals surface area contributed by atoms with Crippen molar-refractivity contribution in [3.8, 4) is 0 Å². The number of amides is 1. The number of hydrogen-bond acceptors (Lipinski definition) is 4. The molecule has 0 aromatic carbocycles. The summed E-state index contributed by atoms with van der Waals surface area (Å²) in [5.41, 5.74) is -0.0710. The molecule has 4 aliphatic rings. The lowest BCUT2D eigenvalue weighted by molar-refractivity contribution is -0.202. The molecular weight excluding hydrogens is 618 g/mol. The van der Waals surface area contributed by atoms with E-state index < -0.39 is 0 Å². The monoisotopic (exact) mass is 700 g/mol. The number of rotatable bonds is 23. The number of Topliss-reactive ketones (excluding diaryl/α,β-unsaturated/α-hetero) is 1. The summed E-state index contributed by atoms with van der Waals surface area (Å²) in [4.78, 5) is 24.7. The van der Waals surface area contributed by atoms with Crippen LogP contribution in [0.15, 0.2) is 0 Å². The minimum atomic E-state index is -0.356. The van der Waals surface area contributed by atoms with Crippen molar-refractivity contribution < 1.29 is 19.8 Å². The highest BCUT2D eigenvalue weighted by molar-refractivity contribution is 5.76. The Kier molecular flexibility index (Phi) is 17.1. The number of aliphatic hydroxyl groups excluding tert-OH is 2. The van der Waals surface area contributed by atoms with E-state index in [0.29, 0.717) is 42.4 Å². The van der Waals surface area contributed by atoms with Gasteiger partial charge in [-0.15, -0.1) is 0 Å². The lowest BCUT2D eigenvalue weighted by Gasteiger charge is -2.63. The third kappa shape index (κ3) is 10.8. The van der Waals surface area contributed by atoms with Crippen LogP contribution >= 0.6 is 0 Å². The Hall–Kier alpha value is -0.940. The lowest BCUT2D eigenvalue weighted by atomic mass is 9.43. The van der Waals surface area contributed by atoms with Crippen molar-refractivity contribution in [2.24, 2.45) is 46.3 Å². The largest absolute Gasteiger partial charge is 0.393 e. The van der Waals surface area contributed by atoms with Gasteiger partial charge in [0.2, 0.25) is 5.91 Å². The Balaban J connectivity index is 1.10. The summed E-state index contributed by atoms with van der Waals surface area (Å²) in [5.74, 6) is 2.61. The van der Waals surface area contributed by atoms with Crippen LogP contribution in [0.1, 0.15) is 208 Å². The van der Waals surface area contributed by atoms with Crippen molar-refractivity contribution in [2.75, 3.05) is 0 Å². The molecule has 11 atom stereocenters. The molecule has 4 rings (SSSR count). The first-order chi connectivity index (χ1) is 24.0. The van der Waals surface area contributed by atoms with Gasteiger partial charge in [-0.05, 0) is 111 Å². The summed E-state index contributed by atoms with van der Waals surface area (Å²) in [7, 11) is 0. The molecule has 0 radical (unpaired) electrons. The number of aliphatic hydroxyl groups is 2. The van der Waals surface area contributed by atoms with E-state index in [0.717, 1.165) is 64.2 Å². The molecule has 4 saturated carbocycles. The van der Waals surface area contributed by atoms with E-state index in [9.17, 15) is 19.8 Å². The van der Waals surface area contributed by atoms with Crippen molar-refractivity contribution in [2.45, 2.75) is 226 Å². The van der Waals surface area contributed by atoms with Gasteiger partial charge >= 0.3 is 0 Å². The normalized spacial score (nSPS) is 35.6. The minimum absolute atomic E-state index is 0.110. The maximum atomic E-state index is 13.0. The van der Waals surface area contributed by atoms with Crippen LogP contribution in [0.25, 0.3) is 0 Å². The van der Waals surface area contributed by atoms with Crippen molar-refractivity contribution in [3.63, 3.8) is 0 Å². The van der Waals surface area contributed by atoms with Crippen LogP contribution in [0.5, 0.6) is 0 Å². The second-order valence-corrected chi connectivity index (χ2v) is 18.8. The van der Waals surface area contributed by atoms with E-state index in [-0.39, 0.29) is 46.7 Å². The van der Waals surface area contributed by atoms with Gasteiger partial charge in [-0.2, -0.15) is 0 Å². The van der Waals surface area contributed by atoms with Crippen LogP contribution in [0.3, 0.4) is 0 Å². The molecule has 1 amide bonds. The molecular formula is C45H81NO4. The summed E-state index contributed by atoms with van der Waals surface area (Å²) in [6.07, 6.45) is 31.3. The van der Waals surface area contributed by atoms with Crippen LogP contribution < -0.4 is 5.32 Å². The highest BCUT2D eigenvalue weighted by atomic mass is 16.3. The average Bonchev–Trinajstić information content (AvgIpc) is 3.44. The Labute approximate surface area is 308 Å². The fourth-order valence-corrected chi connectivity index (χ4v) is 12.2. The number of fused-ring (bicyclic) bond motifs is 5. The molecule has 3 N–H and O–H groups in total. The van der Waals surface area contributed by atoms with E-state index in [1.54, 1.807) is 6.92 Å². The zero-order valence-corrected chi connectivity index (χ0v) is 33.5. The van der Waals surface area contributed by atoms with Gasteiger partial charge in [0.1, 0.15) is 5.78 Å². The Morgan fingerprint density at radius 3 is 1.84 bits per heavy atom. The molecule has 0 unspecified atom stereocenters. The van der Waals surface area contributed by atoms with E-state index in [1.807, 2.05) is 0 Å². The van der Waals surface area contributed by atoms with Gasteiger partial charge < -0.3 is 20.3 Å². The Morgan fingerprint density at radius 2 is 1.28 bits per heavy atom. The third-order valence-corrected chi connectivity index (χ3v) is 15.4. The Bertz CT molecular complexity index is 1020. The van der Waals surface area contributed by atoms with Gasteiger partial charge in [0.25, 0.3) is 0 Å². The number of ketones is 1. The molecule has 0 saturated heterocycles.